The molecule has 3 rings (SSSR count). The number of rotatable bonds is 2. The van der Waals surface area contributed by atoms with Gasteiger partial charge in [0, 0.05) is 22.2 Å². The maximum absolute atomic E-state index is 5.68. The number of benzene rings is 1. The van der Waals surface area contributed by atoms with Gasteiger partial charge in [-0.3, -0.25) is 5.84 Å². The van der Waals surface area contributed by atoms with Crippen molar-refractivity contribution >= 4 is 10.9 Å². The van der Waals surface area contributed by atoms with Crippen molar-refractivity contribution in [1.29, 1.82) is 0 Å². The second-order valence-corrected chi connectivity index (χ2v) is 4.39. The van der Waals surface area contributed by atoms with E-state index in [4.69, 9.17) is 10.6 Å². The van der Waals surface area contributed by atoms with Crippen LogP contribution in [0.1, 0.15) is 11.3 Å². The Morgan fingerprint density at radius 3 is 2.75 bits per heavy atom. The number of ether oxygens (including phenoxy) is 1. The molecule has 1 aliphatic rings. The summed E-state index contributed by atoms with van der Waals surface area (Å²) in [5.74, 6) is 5.68. The first-order valence-corrected chi connectivity index (χ1v) is 5.40. The average Bonchev–Trinajstić information content (AvgIpc) is 2.56. The molecule has 4 nitrogen and oxygen atoms in total. The van der Waals surface area contributed by atoms with Crippen molar-refractivity contribution in [3.63, 3.8) is 0 Å². The van der Waals surface area contributed by atoms with E-state index in [9.17, 15) is 0 Å². The van der Waals surface area contributed by atoms with E-state index in [0.29, 0.717) is 13.2 Å². The van der Waals surface area contributed by atoms with Crippen LogP contribution in [0.2, 0.25) is 0 Å². The number of aryl methyl sites for hydroxylation is 1. The summed E-state index contributed by atoms with van der Waals surface area (Å²) in [6.45, 7) is 3.34. The molecule has 0 radical (unpaired) electrons. The molecule has 0 aliphatic carbocycles. The lowest BCUT2D eigenvalue weighted by molar-refractivity contribution is -0.0782. The highest BCUT2D eigenvalue weighted by Gasteiger charge is 2.42. The molecule has 0 spiro atoms. The standard InChI is InChI=1S/C12H15N3O/c1-8-11(12(15-13)6-16-7-12)9-4-2-3-5-10(9)14-8/h2-5,14-15H,6-7,13H2,1H3. The fourth-order valence-electron chi connectivity index (χ4n) is 2.50. The van der Waals surface area contributed by atoms with Gasteiger partial charge in [-0.1, -0.05) is 18.2 Å². The zero-order chi connectivity index (χ0) is 11.2. The summed E-state index contributed by atoms with van der Waals surface area (Å²) in [4.78, 5) is 3.38. The Labute approximate surface area is 93.7 Å². The number of nitrogens with one attached hydrogen (secondary N) is 2. The summed E-state index contributed by atoms with van der Waals surface area (Å²) in [7, 11) is 0. The second kappa shape index (κ2) is 3.31. The molecule has 4 heteroatoms. The SMILES string of the molecule is Cc1[nH]c2ccccc2c1C1(NN)COC1. The molecule has 1 fully saturated rings. The molecule has 2 aromatic rings. The van der Waals surface area contributed by atoms with E-state index in [0.717, 1.165) is 11.2 Å². The Bertz CT molecular complexity index is 523. The van der Waals surface area contributed by atoms with Gasteiger partial charge in [-0.2, -0.15) is 0 Å². The van der Waals surface area contributed by atoms with Gasteiger partial charge < -0.3 is 9.72 Å². The van der Waals surface area contributed by atoms with Gasteiger partial charge in [0.2, 0.25) is 0 Å². The maximum Gasteiger partial charge on any atom is 0.106 e. The van der Waals surface area contributed by atoms with Gasteiger partial charge in [-0.15, -0.1) is 0 Å². The van der Waals surface area contributed by atoms with Crippen molar-refractivity contribution < 1.29 is 4.74 Å². The van der Waals surface area contributed by atoms with Gasteiger partial charge in [-0.25, -0.2) is 5.43 Å². The molecule has 1 saturated heterocycles. The summed E-state index contributed by atoms with van der Waals surface area (Å²) < 4.78 is 5.30. The van der Waals surface area contributed by atoms with E-state index in [1.807, 2.05) is 12.1 Å². The first-order chi connectivity index (χ1) is 7.77. The quantitative estimate of drug-likeness (QED) is 0.522. The zero-order valence-corrected chi connectivity index (χ0v) is 9.21. The lowest BCUT2D eigenvalue weighted by atomic mass is 9.86. The minimum atomic E-state index is -0.219. The van der Waals surface area contributed by atoms with Crippen LogP contribution in [0.25, 0.3) is 10.9 Å². The van der Waals surface area contributed by atoms with Crippen LogP contribution in [0, 0.1) is 6.92 Å². The number of nitrogens with two attached hydrogens (primary N) is 1. The molecule has 1 aromatic carbocycles. The van der Waals surface area contributed by atoms with Gasteiger partial charge in [-0.05, 0) is 13.0 Å². The molecule has 1 aromatic heterocycles. The molecule has 0 amide bonds. The normalized spacial score (nSPS) is 18.6. The molecule has 2 heterocycles. The third kappa shape index (κ3) is 1.15. The zero-order valence-electron chi connectivity index (χ0n) is 9.21. The number of aromatic nitrogens is 1. The van der Waals surface area contributed by atoms with Gasteiger partial charge in [0.1, 0.15) is 5.54 Å². The molecule has 0 unspecified atom stereocenters. The van der Waals surface area contributed by atoms with Gasteiger partial charge in [0.25, 0.3) is 0 Å². The highest BCUT2D eigenvalue weighted by molar-refractivity contribution is 5.85. The van der Waals surface area contributed by atoms with Gasteiger partial charge in [0.05, 0.1) is 13.2 Å². The number of hydrogen-bond donors (Lipinski definition) is 3. The van der Waals surface area contributed by atoms with Gasteiger partial charge in [0.15, 0.2) is 0 Å². The summed E-state index contributed by atoms with van der Waals surface area (Å²) in [5, 5.41) is 1.22. The third-order valence-electron chi connectivity index (χ3n) is 3.35. The van der Waals surface area contributed by atoms with Crippen molar-refractivity contribution in [2.24, 2.45) is 5.84 Å². The highest BCUT2D eigenvalue weighted by atomic mass is 16.5. The average molecular weight is 217 g/mol. The van der Waals surface area contributed by atoms with E-state index in [1.165, 1.54) is 10.9 Å². The van der Waals surface area contributed by atoms with E-state index in [2.05, 4.69) is 29.5 Å². The number of aromatic amines is 1. The van der Waals surface area contributed by atoms with Crippen molar-refractivity contribution in [3.05, 3.63) is 35.5 Å². The fourth-order valence-corrected chi connectivity index (χ4v) is 2.50. The maximum atomic E-state index is 5.68. The molecule has 4 N–H and O–H groups in total. The minimum absolute atomic E-state index is 0.219. The first-order valence-electron chi connectivity index (χ1n) is 5.40. The number of hydrogen-bond acceptors (Lipinski definition) is 3. The molecular weight excluding hydrogens is 202 g/mol. The van der Waals surface area contributed by atoms with Crippen LogP contribution in [0.15, 0.2) is 24.3 Å². The molecule has 84 valence electrons. The Hall–Kier alpha value is -1.36. The highest BCUT2D eigenvalue weighted by Crippen LogP contribution is 2.36. The summed E-state index contributed by atoms with van der Waals surface area (Å²) in [6, 6.07) is 8.27. The van der Waals surface area contributed by atoms with Crippen LogP contribution in [-0.2, 0) is 10.3 Å². The van der Waals surface area contributed by atoms with E-state index in [-0.39, 0.29) is 5.54 Å². The van der Waals surface area contributed by atoms with E-state index < -0.39 is 0 Å². The van der Waals surface area contributed by atoms with Crippen molar-refractivity contribution in [3.8, 4) is 0 Å². The molecule has 16 heavy (non-hydrogen) atoms. The Kier molecular flexibility index (Phi) is 2.04. The van der Waals surface area contributed by atoms with Crippen molar-refractivity contribution in [1.82, 2.24) is 10.4 Å². The topological polar surface area (TPSA) is 63.1 Å². The number of para-hydroxylation sites is 1. The Balaban J connectivity index is 2.26. The van der Waals surface area contributed by atoms with Crippen LogP contribution in [0.4, 0.5) is 0 Å². The molecule has 0 bridgehead atoms. The smallest absolute Gasteiger partial charge is 0.106 e. The molecular formula is C12H15N3O. The predicted octanol–water partition coefficient (Wildman–Crippen LogP) is 1.17. The molecule has 1 aliphatic heterocycles. The lowest BCUT2D eigenvalue weighted by Gasteiger charge is -2.41. The van der Waals surface area contributed by atoms with Crippen LogP contribution in [0.3, 0.4) is 0 Å². The van der Waals surface area contributed by atoms with Crippen molar-refractivity contribution in [2.45, 2.75) is 12.5 Å². The Morgan fingerprint density at radius 2 is 2.12 bits per heavy atom. The molecule has 0 saturated carbocycles. The molecule has 0 atom stereocenters. The second-order valence-electron chi connectivity index (χ2n) is 4.39. The van der Waals surface area contributed by atoms with Gasteiger partial charge >= 0.3 is 0 Å². The number of H-pyrrole nitrogens is 1. The van der Waals surface area contributed by atoms with Crippen LogP contribution >= 0.6 is 0 Å². The summed E-state index contributed by atoms with van der Waals surface area (Å²) >= 11 is 0. The number of fused-ring (bicyclic) bond motifs is 1. The summed E-state index contributed by atoms with van der Waals surface area (Å²) in [5.41, 5.74) is 6.22. The largest absolute Gasteiger partial charge is 0.377 e. The van der Waals surface area contributed by atoms with Crippen LogP contribution < -0.4 is 11.3 Å². The summed E-state index contributed by atoms with van der Waals surface area (Å²) in [6.07, 6.45) is 0. The fraction of sp³-hybridized carbons (Fsp3) is 0.333. The third-order valence-corrected chi connectivity index (χ3v) is 3.35. The van der Waals surface area contributed by atoms with E-state index >= 15 is 0 Å². The Morgan fingerprint density at radius 1 is 1.38 bits per heavy atom. The van der Waals surface area contributed by atoms with E-state index in [1.54, 1.807) is 0 Å². The minimum Gasteiger partial charge on any atom is -0.377 e. The number of hydrazine groups is 1. The predicted molar refractivity (Wildman–Crippen MR) is 62.9 cm³/mol. The van der Waals surface area contributed by atoms with Crippen LogP contribution in [0.5, 0.6) is 0 Å². The lowest BCUT2D eigenvalue weighted by Crippen LogP contribution is -2.60. The first kappa shape index (κ1) is 9.84. The monoisotopic (exact) mass is 217 g/mol. The van der Waals surface area contributed by atoms with Crippen molar-refractivity contribution in [2.75, 3.05) is 13.2 Å². The van der Waals surface area contributed by atoms with Crippen LogP contribution in [-0.4, -0.2) is 18.2 Å².